The summed E-state index contributed by atoms with van der Waals surface area (Å²) < 4.78 is 10.9. The van der Waals surface area contributed by atoms with Gasteiger partial charge in [-0.15, -0.1) is 0 Å². The van der Waals surface area contributed by atoms with E-state index in [9.17, 15) is 0 Å². The van der Waals surface area contributed by atoms with E-state index in [1.807, 2.05) is 50.5 Å². The summed E-state index contributed by atoms with van der Waals surface area (Å²) in [5.74, 6) is 1.74. The fourth-order valence-corrected chi connectivity index (χ4v) is 2.72. The van der Waals surface area contributed by atoms with Gasteiger partial charge in [0.1, 0.15) is 24.2 Å². The molecule has 0 amide bonds. The van der Waals surface area contributed by atoms with E-state index in [0.717, 1.165) is 35.7 Å². The lowest BCUT2D eigenvalue weighted by Crippen LogP contribution is -2.19. The fraction of sp³-hybridized carbons (Fsp3) is 0.333. The molecule has 5 nitrogen and oxygen atoms in total. The molecule has 0 bridgehead atoms. The highest BCUT2D eigenvalue weighted by Gasteiger charge is 2.18. The van der Waals surface area contributed by atoms with Crippen molar-refractivity contribution in [2.24, 2.45) is 0 Å². The fourth-order valence-electron chi connectivity index (χ4n) is 2.72. The van der Waals surface area contributed by atoms with Crippen LogP contribution in [0.4, 0.5) is 0 Å². The molecule has 138 valence electrons. The van der Waals surface area contributed by atoms with Crippen LogP contribution >= 0.6 is 0 Å². The smallest absolute Gasteiger partial charge is 0.119 e. The molecule has 1 atom stereocenters. The predicted molar refractivity (Wildman–Crippen MR) is 103 cm³/mol. The second-order valence-corrected chi connectivity index (χ2v) is 6.57. The van der Waals surface area contributed by atoms with E-state index in [1.54, 1.807) is 7.11 Å². The van der Waals surface area contributed by atoms with Gasteiger partial charge in [0.2, 0.25) is 0 Å². The van der Waals surface area contributed by atoms with Gasteiger partial charge in [-0.25, -0.2) is 0 Å². The number of methoxy groups -OCH3 is 1. The lowest BCUT2D eigenvalue weighted by atomic mass is 10.1. The largest absolute Gasteiger partial charge is 0.497 e. The number of hydroxylamine groups is 1. The molecule has 0 saturated carbocycles. The van der Waals surface area contributed by atoms with E-state index >= 15 is 0 Å². The lowest BCUT2D eigenvalue weighted by molar-refractivity contribution is 0.0519. The summed E-state index contributed by atoms with van der Waals surface area (Å²) in [7, 11) is 5.74. The van der Waals surface area contributed by atoms with Gasteiger partial charge in [-0.05, 0) is 67.7 Å². The first kappa shape index (κ1) is 18.3. The van der Waals surface area contributed by atoms with Crippen molar-refractivity contribution in [1.29, 1.82) is 0 Å². The summed E-state index contributed by atoms with van der Waals surface area (Å²) in [4.78, 5) is 7.79. The maximum absolute atomic E-state index is 5.73. The third-order valence-electron chi connectivity index (χ3n) is 4.24. The Labute approximate surface area is 155 Å². The third kappa shape index (κ3) is 5.00. The van der Waals surface area contributed by atoms with E-state index in [-0.39, 0.29) is 6.10 Å². The number of ether oxygens (including phenoxy) is 2. The van der Waals surface area contributed by atoms with E-state index in [2.05, 4.69) is 28.6 Å². The Morgan fingerprint density at radius 3 is 2.35 bits per heavy atom. The van der Waals surface area contributed by atoms with Crippen molar-refractivity contribution in [2.75, 3.05) is 34.4 Å². The van der Waals surface area contributed by atoms with Gasteiger partial charge < -0.3 is 14.4 Å². The minimum Gasteiger partial charge on any atom is -0.497 e. The molecule has 0 aliphatic carbocycles. The molecular formula is C21H26N2O3. The van der Waals surface area contributed by atoms with Crippen LogP contribution in [-0.2, 0) is 11.3 Å². The molecule has 26 heavy (non-hydrogen) atoms. The molecule has 2 aromatic rings. The maximum atomic E-state index is 5.73. The van der Waals surface area contributed by atoms with Crippen LogP contribution < -0.4 is 15.0 Å². The van der Waals surface area contributed by atoms with Crippen LogP contribution in [0.15, 0.2) is 54.6 Å². The van der Waals surface area contributed by atoms with Crippen LogP contribution in [0.1, 0.15) is 11.1 Å². The van der Waals surface area contributed by atoms with Gasteiger partial charge in [-0.3, -0.25) is 10.3 Å². The Morgan fingerprint density at radius 1 is 1.00 bits per heavy atom. The van der Waals surface area contributed by atoms with Crippen LogP contribution in [0.5, 0.6) is 11.5 Å². The van der Waals surface area contributed by atoms with Gasteiger partial charge in [0.05, 0.1) is 12.8 Å². The normalized spacial score (nSPS) is 16.3. The highest BCUT2D eigenvalue weighted by atomic mass is 16.7. The maximum Gasteiger partial charge on any atom is 0.119 e. The molecule has 3 rings (SSSR count). The summed E-state index contributed by atoms with van der Waals surface area (Å²) >= 11 is 0. The highest BCUT2D eigenvalue weighted by molar-refractivity contribution is 5.65. The minimum atomic E-state index is 0.00705. The first-order valence-electron chi connectivity index (χ1n) is 8.78. The molecule has 0 aromatic heterocycles. The van der Waals surface area contributed by atoms with Crippen molar-refractivity contribution >= 4 is 5.70 Å². The average molecular weight is 354 g/mol. The van der Waals surface area contributed by atoms with Crippen LogP contribution in [-0.4, -0.2) is 45.4 Å². The predicted octanol–water partition coefficient (Wildman–Crippen LogP) is 3.12. The van der Waals surface area contributed by atoms with Gasteiger partial charge in [0.25, 0.3) is 0 Å². The molecule has 0 fully saturated rings. The summed E-state index contributed by atoms with van der Waals surface area (Å²) in [5, 5.41) is 0. The van der Waals surface area contributed by atoms with E-state index in [0.29, 0.717) is 6.61 Å². The first-order valence-corrected chi connectivity index (χ1v) is 8.78. The SMILES string of the molecule is COc1ccc(C2=CC(Cc3ccc(OCCN(C)C)cc3)ON2)cc1. The lowest BCUT2D eigenvalue weighted by Gasteiger charge is -2.12. The topological polar surface area (TPSA) is 43.0 Å². The Bertz CT molecular complexity index is 724. The summed E-state index contributed by atoms with van der Waals surface area (Å²) in [5.41, 5.74) is 6.30. The molecule has 1 aliphatic rings. The van der Waals surface area contributed by atoms with Crippen LogP contribution in [0.25, 0.3) is 5.70 Å². The molecule has 0 spiro atoms. The highest BCUT2D eigenvalue weighted by Crippen LogP contribution is 2.23. The Balaban J connectivity index is 1.55. The Morgan fingerprint density at radius 2 is 1.69 bits per heavy atom. The molecule has 1 aliphatic heterocycles. The van der Waals surface area contributed by atoms with Gasteiger partial charge in [0.15, 0.2) is 0 Å². The van der Waals surface area contributed by atoms with Gasteiger partial charge >= 0.3 is 0 Å². The summed E-state index contributed by atoms with van der Waals surface area (Å²) in [6.07, 6.45) is 2.93. The number of rotatable bonds is 8. The number of hydrogen-bond acceptors (Lipinski definition) is 5. The van der Waals surface area contributed by atoms with Gasteiger partial charge in [0, 0.05) is 13.0 Å². The average Bonchev–Trinajstić information content (AvgIpc) is 3.11. The van der Waals surface area contributed by atoms with Gasteiger partial charge in [-0.2, -0.15) is 0 Å². The van der Waals surface area contributed by atoms with Crippen molar-refractivity contribution in [3.8, 4) is 11.5 Å². The van der Waals surface area contributed by atoms with Crippen LogP contribution in [0.3, 0.4) is 0 Å². The van der Waals surface area contributed by atoms with Crippen molar-refractivity contribution in [1.82, 2.24) is 10.4 Å². The van der Waals surface area contributed by atoms with Crippen molar-refractivity contribution in [3.63, 3.8) is 0 Å². The molecule has 5 heteroatoms. The molecule has 2 aromatic carbocycles. The second-order valence-electron chi connectivity index (χ2n) is 6.57. The number of likely N-dealkylation sites (N-methyl/N-ethyl adjacent to an activating group) is 1. The number of hydrogen-bond donors (Lipinski definition) is 1. The van der Waals surface area contributed by atoms with Crippen molar-refractivity contribution in [3.05, 3.63) is 65.7 Å². The van der Waals surface area contributed by atoms with Gasteiger partial charge in [-0.1, -0.05) is 12.1 Å². The van der Waals surface area contributed by atoms with E-state index < -0.39 is 0 Å². The monoisotopic (exact) mass is 354 g/mol. The molecule has 1 N–H and O–H groups in total. The zero-order valence-electron chi connectivity index (χ0n) is 15.6. The van der Waals surface area contributed by atoms with E-state index in [4.69, 9.17) is 14.3 Å². The Hall–Kier alpha value is -2.50. The zero-order chi connectivity index (χ0) is 18.4. The third-order valence-corrected chi connectivity index (χ3v) is 4.24. The van der Waals surface area contributed by atoms with Crippen LogP contribution in [0.2, 0.25) is 0 Å². The molecule has 1 heterocycles. The first-order chi connectivity index (χ1) is 12.6. The zero-order valence-corrected chi connectivity index (χ0v) is 15.6. The molecule has 0 radical (unpaired) electrons. The standard InChI is InChI=1S/C21H26N2O3/c1-23(2)12-13-25-19-8-4-16(5-9-19)14-20-15-21(22-26-20)17-6-10-18(24-3)11-7-17/h4-11,15,20,22H,12-14H2,1-3H3. The quantitative estimate of drug-likeness (QED) is 0.789. The molecule has 1 unspecified atom stereocenters. The van der Waals surface area contributed by atoms with Crippen molar-refractivity contribution in [2.45, 2.75) is 12.5 Å². The number of nitrogens with one attached hydrogen (secondary N) is 1. The Kier molecular flexibility index (Phi) is 6.15. The summed E-state index contributed by atoms with van der Waals surface area (Å²) in [6.45, 7) is 1.60. The van der Waals surface area contributed by atoms with Crippen molar-refractivity contribution < 1.29 is 14.3 Å². The molecule has 0 saturated heterocycles. The van der Waals surface area contributed by atoms with E-state index in [1.165, 1.54) is 5.56 Å². The number of nitrogens with zero attached hydrogens (tertiary/aromatic N) is 1. The van der Waals surface area contributed by atoms with Crippen LogP contribution in [0, 0.1) is 0 Å². The number of benzene rings is 2. The minimum absolute atomic E-state index is 0.00705. The second kappa shape index (κ2) is 8.74. The molecular weight excluding hydrogens is 328 g/mol. The summed E-state index contributed by atoms with van der Waals surface area (Å²) in [6, 6.07) is 16.1.